The second-order valence-electron chi connectivity index (χ2n) is 8.24. The first-order chi connectivity index (χ1) is 16.1. The maximum absolute atomic E-state index is 13.2. The van der Waals surface area contributed by atoms with Crippen LogP contribution < -0.4 is 9.47 Å². The van der Waals surface area contributed by atoms with Gasteiger partial charge in [-0.25, -0.2) is 12.8 Å². The highest BCUT2D eigenvalue weighted by atomic mass is 32.2. The molecule has 1 atom stereocenters. The van der Waals surface area contributed by atoms with Gasteiger partial charge in [0.2, 0.25) is 15.9 Å². The highest BCUT2D eigenvalue weighted by Crippen LogP contribution is 2.43. The highest BCUT2D eigenvalue weighted by molar-refractivity contribution is 7.89. The van der Waals surface area contributed by atoms with Crippen LogP contribution in [0.3, 0.4) is 0 Å². The fourth-order valence-corrected chi connectivity index (χ4v) is 5.49. The smallest absolute Gasteiger partial charge is 0.395 e. The Kier molecular flexibility index (Phi) is 5.34. The van der Waals surface area contributed by atoms with Crippen LogP contribution in [0.15, 0.2) is 58.5 Å². The van der Waals surface area contributed by atoms with E-state index in [1.165, 1.54) is 34.6 Å². The Morgan fingerprint density at radius 2 is 1.62 bits per heavy atom. The zero-order valence-corrected chi connectivity index (χ0v) is 18.4. The molecule has 3 heterocycles. The van der Waals surface area contributed by atoms with E-state index >= 15 is 0 Å². The van der Waals surface area contributed by atoms with Crippen molar-refractivity contribution in [2.45, 2.75) is 17.1 Å². The standard InChI is InChI=1S/C22H19F3N2O6S/c23-16-3-1-13(2-4-16)18(12-28)21(29)26-8-14(9-26)15-10-27(11-15)34(30,31)17-5-6-19-20(7-17)33-22(24,25)32-19/h1-7,18,28H,8-12H2. The van der Waals surface area contributed by atoms with Gasteiger partial charge in [-0.3, -0.25) is 4.79 Å². The molecular formula is C22H19F3N2O6S. The van der Waals surface area contributed by atoms with Gasteiger partial charge in [0, 0.05) is 32.2 Å². The second kappa shape index (κ2) is 8.00. The number of benzene rings is 2. The third-order valence-electron chi connectivity index (χ3n) is 6.07. The summed E-state index contributed by atoms with van der Waals surface area (Å²) in [6.07, 6.45) is -3.83. The molecule has 0 spiro atoms. The average molecular weight is 496 g/mol. The van der Waals surface area contributed by atoms with E-state index in [-0.39, 0.29) is 35.4 Å². The number of aliphatic hydroxyl groups is 1. The van der Waals surface area contributed by atoms with E-state index in [1.54, 1.807) is 4.90 Å². The number of fused-ring (bicyclic) bond motifs is 1. The molecule has 0 saturated carbocycles. The van der Waals surface area contributed by atoms with Crippen LogP contribution in [-0.2, 0) is 14.8 Å². The van der Waals surface area contributed by atoms with Crippen LogP contribution in [0.1, 0.15) is 11.5 Å². The first-order valence-corrected chi connectivity index (χ1v) is 11.8. The van der Waals surface area contributed by atoms with E-state index in [1.807, 2.05) is 0 Å². The van der Waals surface area contributed by atoms with Crippen molar-refractivity contribution < 1.29 is 41.0 Å². The number of halogens is 3. The molecule has 8 nitrogen and oxygen atoms in total. The molecule has 180 valence electrons. The molecule has 1 unspecified atom stereocenters. The SMILES string of the molecule is O=C(C(CO)c1ccc(F)cc1)N1CC(=C2CN(S(=O)(=O)c3ccc4c(c3)OC(F)(F)O4)C2)C1. The molecule has 2 saturated heterocycles. The van der Waals surface area contributed by atoms with E-state index in [2.05, 4.69) is 9.47 Å². The Labute approximate surface area is 192 Å². The minimum absolute atomic E-state index is 0.131. The molecule has 1 N–H and O–H groups in total. The first-order valence-electron chi connectivity index (χ1n) is 10.3. The lowest BCUT2D eigenvalue weighted by Crippen LogP contribution is -2.52. The molecule has 2 aromatic rings. The van der Waals surface area contributed by atoms with Crippen molar-refractivity contribution in [3.63, 3.8) is 0 Å². The van der Waals surface area contributed by atoms with Crippen molar-refractivity contribution in [2.75, 3.05) is 32.8 Å². The van der Waals surface area contributed by atoms with Gasteiger partial charge in [0.25, 0.3) is 0 Å². The summed E-state index contributed by atoms with van der Waals surface area (Å²) in [6.45, 7) is 0.482. The minimum Gasteiger partial charge on any atom is -0.395 e. The lowest BCUT2D eigenvalue weighted by atomic mass is 9.92. The van der Waals surface area contributed by atoms with Gasteiger partial charge >= 0.3 is 6.29 Å². The van der Waals surface area contributed by atoms with Gasteiger partial charge in [0.15, 0.2) is 11.5 Å². The van der Waals surface area contributed by atoms with Gasteiger partial charge in [-0.2, -0.15) is 4.31 Å². The van der Waals surface area contributed by atoms with Crippen molar-refractivity contribution in [3.8, 4) is 11.5 Å². The Morgan fingerprint density at radius 3 is 2.26 bits per heavy atom. The summed E-state index contributed by atoms with van der Waals surface area (Å²) in [5, 5.41) is 9.65. The van der Waals surface area contributed by atoms with Crippen LogP contribution in [0.2, 0.25) is 0 Å². The molecule has 1 amide bonds. The summed E-state index contributed by atoms with van der Waals surface area (Å²) in [5.41, 5.74) is 2.32. The molecule has 0 aliphatic carbocycles. The van der Waals surface area contributed by atoms with E-state index in [0.29, 0.717) is 18.7 Å². The van der Waals surface area contributed by atoms with Gasteiger partial charge in [0.1, 0.15) is 5.82 Å². The van der Waals surface area contributed by atoms with Crippen LogP contribution >= 0.6 is 0 Å². The number of ether oxygens (including phenoxy) is 2. The number of alkyl halides is 2. The molecule has 34 heavy (non-hydrogen) atoms. The van der Waals surface area contributed by atoms with Crippen LogP contribution in [0, 0.1) is 5.82 Å². The number of hydrogen-bond donors (Lipinski definition) is 1. The molecule has 0 aromatic heterocycles. The van der Waals surface area contributed by atoms with Crippen LogP contribution in [0.5, 0.6) is 11.5 Å². The van der Waals surface area contributed by atoms with Crippen molar-refractivity contribution >= 4 is 15.9 Å². The zero-order valence-electron chi connectivity index (χ0n) is 17.6. The van der Waals surface area contributed by atoms with Crippen molar-refractivity contribution in [1.82, 2.24) is 9.21 Å². The van der Waals surface area contributed by atoms with E-state index in [9.17, 15) is 31.5 Å². The van der Waals surface area contributed by atoms with Crippen molar-refractivity contribution in [2.24, 2.45) is 0 Å². The maximum atomic E-state index is 13.2. The molecule has 5 rings (SSSR count). The average Bonchev–Trinajstić information content (AvgIpc) is 3.03. The number of sulfonamides is 1. The number of nitrogens with zero attached hydrogens (tertiary/aromatic N) is 2. The number of carbonyl (C=O) groups is 1. The third-order valence-corrected chi connectivity index (χ3v) is 7.86. The van der Waals surface area contributed by atoms with Crippen molar-refractivity contribution in [1.29, 1.82) is 0 Å². The topological polar surface area (TPSA) is 96.4 Å². The number of hydrogen-bond acceptors (Lipinski definition) is 6. The predicted octanol–water partition coefficient (Wildman–Crippen LogP) is 2.07. The van der Waals surface area contributed by atoms with Crippen LogP contribution in [0.25, 0.3) is 0 Å². The van der Waals surface area contributed by atoms with Gasteiger partial charge < -0.3 is 19.5 Å². The van der Waals surface area contributed by atoms with Gasteiger partial charge in [-0.05, 0) is 41.0 Å². The zero-order chi connectivity index (χ0) is 24.3. The van der Waals surface area contributed by atoms with Crippen molar-refractivity contribution in [3.05, 3.63) is 65.0 Å². The lowest BCUT2D eigenvalue weighted by molar-refractivity contribution is -0.286. The molecule has 12 heteroatoms. The number of likely N-dealkylation sites (tertiary alicyclic amines) is 1. The quantitative estimate of drug-likeness (QED) is 0.637. The van der Waals surface area contributed by atoms with Gasteiger partial charge in [-0.15, -0.1) is 8.78 Å². The summed E-state index contributed by atoms with van der Waals surface area (Å²) < 4.78 is 75.0. The molecule has 2 aromatic carbocycles. The highest BCUT2D eigenvalue weighted by Gasteiger charge is 2.45. The lowest BCUT2D eigenvalue weighted by Gasteiger charge is -2.42. The maximum Gasteiger partial charge on any atom is 0.586 e. The fourth-order valence-electron chi connectivity index (χ4n) is 4.05. The number of carbonyl (C=O) groups excluding carboxylic acids is 1. The summed E-state index contributed by atoms with van der Waals surface area (Å²) >= 11 is 0. The third kappa shape index (κ3) is 3.91. The fraction of sp³-hybridized carbons (Fsp3) is 0.318. The summed E-state index contributed by atoms with van der Waals surface area (Å²) in [7, 11) is -3.92. The molecule has 3 aliphatic rings. The first kappa shape index (κ1) is 22.7. The summed E-state index contributed by atoms with van der Waals surface area (Å²) in [6, 6.07) is 8.67. The monoisotopic (exact) mass is 496 g/mol. The van der Waals surface area contributed by atoms with Crippen LogP contribution in [-0.4, -0.2) is 67.7 Å². The molecule has 2 fully saturated rings. The van der Waals surface area contributed by atoms with Crippen LogP contribution in [0.4, 0.5) is 13.2 Å². The van der Waals surface area contributed by atoms with E-state index in [4.69, 9.17) is 0 Å². The van der Waals surface area contributed by atoms with Gasteiger partial charge in [0.05, 0.1) is 17.4 Å². The largest absolute Gasteiger partial charge is 0.586 e. The predicted molar refractivity (Wildman–Crippen MR) is 111 cm³/mol. The number of rotatable bonds is 5. The molecular weight excluding hydrogens is 477 g/mol. The summed E-state index contributed by atoms with van der Waals surface area (Å²) in [5.74, 6) is -2.12. The second-order valence-corrected chi connectivity index (χ2v) is 10.2. The molecule has 0 radical (unpaired) electrons. The van der Waals surface area contributed by atoms with Gasteiger partial charge in [-0.1, -0.05) is 12.1 Å². The Hall–Kier alpha value is -3.09. The number of aliphatic hydroxyl groups excluding tert-OH is 1. The normalized spacial score (nSPS) is 20.1. The Bertz CT molecular complexity index is 1280. The Balaban J connectivity index is 1.21. The van der Waals surface area contributed by atoms with E-state index < -0.39 is 34.7 Å². The number of amides is 1. The minimum atomic E-state index is -3.92. The molecule has 3 aliphatic heterocycles. The summed E-state index contributed by atoms with van der Waals surface area (Å²) in [4.78, 5) is 14.1. The van der Waals surface area contributed by atoms with E-state index in [0.717, 1.165) is 23.3 Å². The Morgan fingerprint density at radius 1 is 1.00 bits per heavy atom. The molecule has 0 bridgehead atoms.